The van der Waals surface area contributed by atoms with Crippen molar-refractivity contribution in [3.63, 3.8) is 0 Å². The molecule has 0 spiro atoms. The van der Waals surface area contributed by atoms with Crippen LogP contribution in [0, 0.1) is 11.8 Å². The van der Waals surface area contributed by atoms with Crippen molar-refractivity contribution in [2.45, 2.75) is 26.4 Å². The minimum atomic E-state index is -0.162. The Morgan fingerprint density at radius 3 is 2.55 bits per heavy atom. The van der Waals surface area contributed by atoms with Crippen LogP contribution in [0.1, 0.15) is 26.0 Å². The topological polar surface area (TPSA) is 44.2 Å². The van der Waals surface area contributed by atoms with Gasteiger partial charge in [0.05, 0.1) is 24.2 Å². The van der Waals surface area contributed by atoms with Crippen LogP contribution in [0.15, 0.2) is 24.3 Å². The number of hydrogen-bond donors (Lipinski definition) is 0. The van der Waals surface area contributed by atoms with E-state index in [0.29, 0.717) is 30.7 Å². The molecular weight excluding hydrogens is 300 g/mol. The summed E-state index contributed by atoms with van der Waals surface area (Å²) in [5.74, 6) is 6.03. The molecule has 1 aromatic heterocycles. The third-order valence-corrected chi connectivity index (χ3v) is 3.26. The Morgan fingerprint density at radius 2 is 1.86 bits per heavy atom. The maximum Gasteiger partial charge on any atom is 0.164 e. The summed E-state index contributed by atoms with van der Waals surface area (Å²) in [4.78, 5) is 8.75. The van der Waals surface area contributed by atoms with Crippen molar-refractivity contribution in [1.29, 1.82) is 0 Å². The molecule has 0 amide bonds. The number of aromatic nitrogens is 2. The minimum absolute atomic E-state index is 0.162. The second kappa shape index (κ2) is 8.70. The zero-order valence-electron chi connectivity index (χ0n) is 12.8. The summed E-state index contributed by atoms with van der Waals surface area (Å²) >= 11 is 6.14. The molecule has 0 aliphatic heterocycles. The number of rotatable bonds is 6. The van der Waals surface area contributed by atoms with Crippen molar-refractivity contribution in [3.05, 3.63) is 35.1 Å². The van der Waals surface area contributed by atoms with E-state index in [2.05, 4.69) is 21.8 Å². The molecule has 0 radical (unpaired) electrons. The zero-order chi connectivity index (χ0) is 15.8. The smallest absolute Gasteiger partial charge is 0.164 e. The highest BCUT2D eigenvalue weighted by atomic mass is 35.5. The number of ether oxygens (including phenoxy) is 2. The van der Waals surface area contributed by atoms with E-state index < -0.39 is 0 Å². The molecule has 5 heteroatoms. The number of nitrogens with zero attached hydrogens (tertiary/aromatic N) is 2. The predicted octanol–water partition coefficient (Wildman–Crippen LogP) is 3.47. The second-order valence-corrected chi connectivity index (χ2v) is 4.94. The van der Waals surface area contributed by atoms with Crippen LogP contribution in [0.4, 0.5) is 0 Å². The van der Waals surface area contributed by atoms with Gasteiger partial charge in [0, 0.05) is 6.61 Å². The Kier molecular flexibility index (Phi) is 6.60. The van der Waals surface area contributed by atoms with Gasteiger partial charge in [-0.15, -0.1) is 0 Å². The molecular formula is C17H19ClN2O2. The van der Waals surface area contributed by atoms with E-state index in [1.807, 2.05) is 38.1 Å². The van der Waals surface area contributed by atoms with Crippen LogP contribution < -0.4 is 0 Å². The van der Waals surface area contributed by atoms with Gasteiger partial charge in [-0.25, -0.2) is 9.97 Å². The van der Waals surface area contributed by atoms with Crippen LogP contribution in [-0.4, -0.2) is 35.9 Å². The summed E-state index contributed by atoms with van der Waals surface area (Å²) in [5, 5.41) is 0.315. The summed E-state index contributed by atoms with van der Waals surface area (Å²) in [6.45, 7) is 5.77. The van der Waals surface area contributed by atoms with Gasteiger partial charge in [-0.05, 0) is 31.4 Å². The molecule has 0 bridgehead atoms. The molecule has 0 N–H and O–H groups in total. The first-order valence-corrected chi connectivity index (χ1v) is 7.75. The van der Waals surface area contributed by atoms with E-state index in [1.165, 1.54) is 0 Å². The van der Waals surface area contributed by atoms with Gasteiger partial charge in [0.2, 0.25) is 0 Å². The molecule has 0 aliphatic rings. The molecule has 1 heterocycles. The molecule has 0 aliphatic carbocycles. The molecule has 0 saturated heterocycles. The lowest BCUT2D eigenvalue weighted by Crippen LogP contribution is -2.13. The van der Waals surface area contributed by atoms with E-state index in [1.54, 1.807) is 0 Å². The maximum atomic E-state index is 6.14. The first-order valence-electron chi connectivity index (χ1n) is 7.37. The van der Waals surface area contributed by atoms with Crippen molar-refractivity contribution in [2.24, 2.45) is 0 Å². The average Bonchev–Trinajstić information content (AvgIpc) is 2.54. The quantitative estimate of drug-likeness (QED) is 0.604. The fourth-order valence-electron chi connectivity index (χ4n) is 1.86. The molecule has 4 nitrogen and oxygen atoms in total. The Hall–Kier alpha value is -1.67. The summed E-state index contributed by atoms with van der Waals surface area (Å²) in [6.07, 6.45) is 0.627. The number of hydrogen-bond acceptors (Lipinski definition) is 4. The van der Waals surface area contributed by atoms with E-state index in [0.717, 1.165) is 17.5 Å². The van der Waals surface area contributed by atoms with Gasteiger partial charge >= 0.3 is 0 Å². The van der Waals surface area contributed by atoms with Gasteiger partial charge < -0.3 is 9.47 Å². The first kappa shape index (κ1) is 16.7. The number of halogens is 1. The van der Waals surface area contributed by atoms with E-state index in [4.69, 9.17) is 21.1 Å². The van der Waals surface area contributed by atoms with Crippen LogP contribution in [-0.2, 0) is 9.47 Å². The Morgan fingerprint density at radius 1 is 1.14 bits per heavy atom. The summed E-state index contributed by atoms with van der Waals surface area (Å²) in [6, 6.07) is 7.57. The van der Waals surface area contributed by atoms with Crippen LogP contribution in [0.3, 0.4) is 0 Å². The van der Waals surface area contributed by atoms with Crippen LogP contribution in [0.5, 0.6) is 0 Å². The van der Waals surface area contributed by atoms with E-state index >= 15 is 0 Å². The SMILES string of the molecule is CCOCCO[C@@H](C#Cc1nc2ccccc2nc1Cl)CC. The Labute approximate surface area is 135 Å². The summed E-state index contributed by atoms with van der Waals surface area (Å²) in [5.41, 5.74) is 2.02. The third-order valence-electron chi connectivity index (χ3n) is 3.00. The number of fused-ring (bicyclic) bond motifs is 1. The second-order valence-electron chi connectivity index (χ2n) is 4.59. The standard InChI is InChI=1S/C17H19ClN2O2/c1-3-13(22-12-11-21-4-2)9-10-16-17(18)20-15-8-6-5-7-14(15)19-16/h5-8,13H,3-4,11-12H2,1-2H3/t13-/m1/s1. The van der Waals surface area contributed by atoms with Gasteiger partial charge in [0.25, 0.3) is 0 Å². The highest BCUT2D eigenvalue weighted by Crippen LogP contribution is 2.16. The minimum Gasteiger partial charge on any atom is -0.379 e. The first-order chi connectivity index (χ1) is 10.7. The normalized spacial score (nSPS) is 12.0. The van der Waals surface area contributed by atoms with Gasteiger partial charge in [0.1, 0.15) is 6.10 Å². The maximum absolute atomic E-state index is 6.14. The summed E-state index contributed by atoms with van der Waals surface area (Å²) < 4.78 is 10.9. The van der Waals surface area contributed by atoms with Crippen LogP contribution in [0.25, 0.3) is 11.0 Å². The summed E-state index contributed by atoms with van der Waals surface area (Å²) in [7, 11) is 0. The molecule has 1 atom stereocenters. The number of benzene rings is 1. The van der Waals surface area contributed by atoms with E-state index in [9.17, 15) is 0 Å². The molecule has 116 valence electrons. The molecule has 1 aromatic carbocycles. The van der Waals surface area contributed by atoms with Crippen molar-refractivity contribution < 1.29 is 9.47 Å². The predicted molar refractivity (Wildman–Crippen MR) is 88.0 cm³/mol. The van der Waals surface area contributed by atoms with Crippen LogP contribution >= 0.6 is 11.6 Å². The average molecular weight is 319 g/mol. The van der Waals surface area contributed by atoms with E-state index in [-0.39, 0.29) is 6.10 Å². The molecule has 22 heavy (non-hydrogen) atoms. The fraction of sp³-hybridized carbons (Fsp3) is 0.412. The largest absolute Gasteiger partial charge is 0.379 e. The monoisotopic (exact) mass is 318 g/mol. The fourth-order valence-corrected chi connectivity index (χ4v) is 2.04. The Bertz CT molecular complexity index is 679. The lowest BCUT2D eigenvalue weighted by Gasteiger charge is -2.09. The van der Waals surface area contributed by atoms with Gasteiger partial charge in [0.15, 0.2) is 10.8 Å². The zero-order valence-corrected chi connectivity index (χ0v) is 13.6. The van der Waals surface area contributed by atoms with Crippen molar-refractivity contribution in [2.75, 3.05) is 19.8 Å². The van der Waals surface area contributed by atoms with Crippen molar-refractivity contribution in [3.8, 4) is 11.8 Å². The highest BCUT2D eigenvalue weighted by molar-refractivity contribution is 6.30. The molecule has 2 rings (SSSR count). The van der Waals surface area contributed by atoms with Crippen molar-refractivity contribution in [1.82, 2.24) is 9.97 Å². The lowest BCUT2D eigenvalue weighted by atomic mass is 10.2. The third kappa shape index (κ3) is 4.67. The van der Waals surface area contributed by atoms with Gasteiger partial charge in [-0.3, -0.25) is 0 Å². The molecule has 0 saturated carbocycles. The molecule has 0 unspecified atom stereocenters. The molecule has 2 aromatic rings. The molecule has 0 fully saturated rings. The van der Waals surface area contributed by atoms with Crippen LogP contribution in [0.2, 0.25) is 5.15 Å². The number of para-hydroxylation sites is 2. The van der Waals surface area contributed by atoms with Gasteiger partial charge in [-0.2, -0.15) is 0 Å². The lowest BCUT2D eigenvalue weighted by molar-refractivity contribution is 0.0293. The highest BCUT2D eigenvalue weighted by Gasteiger charge is 2.06. The Balaban J connectivity index is 2.10. The van der Waals surface area contributed by atoms with Gasteiger partial charge in [-0.1, -0.05) is 36.6 Å². The van der Waals surface area contributed by atoms with Crippen molar-refractivity contribution >= 4 is 22.6 Å².